The van der Waals surface area contributed by atoms with Gasteiger partial charge >= 0.3 is 5.97 Å². The fourth-order valence-electron chi connectivity index (χ4n) is 0.349. The van der Waals surface area contributed by atoms with Crippen molar-refractivity contribution in [2.75, 3.05) is 0 Å². The van der Waals surface area contributed by atoms with Crippen LogP contribution in [-0.4, -0.2) is 11.1 Å². The van der Waals surface area contributed by atoms with Gasteiger partial charge in [-0.25, -0.2) is 4.79 Å². The second kappa shape index (κ2) is 1.69. The Morgan fingerprint density at radius 2 is 2.62 bits per heavy atom. The molecule has 1 heterocycles. The third kappa shape index (κ3) is 0.703. The highest BCUT2D eigenvalue weighted by atomic mass is 16.4. The molecule has 0 amide bonds. The van der Waals surface area contributed by atoms with Crippen LogP contribution >= 0.6 is 0 Å². The molecule has 0 aliphatic carbocycles. The van der Waals surface area contributed by atoms with Crippen LogP contribution in [0, 0.1) is 6.26 Å². The lowest BCUT2D eigenvalue weighted by molar-refractivity contribution is 0.0695. The molecule has 0 aromatic carbocycles. The minimum atomic E-state index is -1.02. The molecule has 0 saturated carbocycles. The van der Waals surface area contributed by atoms with E-state index in [0.29, 0.717) is 0 Å². The van der Waals surface area contributed by atoms with E-state index in [1.807, 2.05) is 0 Å². The molecule has 1 aromatic rings. The van der Waals surface area contributed by atoms with Gasteiger partial charge in [-0.1, -0.05) is 0 Å². The van der Waals surface area contributed by atoms with Gasteiger partial charge in [0.25, 0.3) is 0 Å². The van der Waals surface area contributed by atoms with E-state index in [2.05, 4.69) is 10.7 Å². The van der Waals surface area contributed by atoms with Crippen LogP contribution in [0.4, 0.5) is 0 Å². The summed E-state index contributed by atoms with van der Waals surface area (Å²) in [5.41, 5.74) is 0.0602. The van der Waals surface area contributed by atoms with Crippen molar-refractivity contribution in [2.24, 2.45) is 0 Å². The summed E-state index contributed by atoms with van der Waals surface area (Å²) in [7, 11) is 0. The molecule has 1 radical (unpaired) electrons. The molecule has 0 spiro atoms. The molecular weight excluding hydrogens is 108 g/mol. The molecule has 1 rings (SSSR count). The zero-order valence-corrected chi connectivity index (χ0v) is 3.92. The van der Waals surface area contributed by atoms with Gasteiger partial charge in [0.2, 0.25) is 0 Å². The Morgan fingerprint density at radius 3 is 2.88 bits per heavy atom. The van der Waals surface area contributed by atoms with E-state index >= 15 is 0 Å². The van der Waals surface area contributed by atoms with Crippen LogP contribution in [-0.2, 0) is 0 Å². The molecule has 0 unspecified atom stereocenters. The number of hydrogen-bond donors (Lipinski definition) is 1. The van der Waals surface area contributed by atoms with Crippen LogP contribution in [0.5, 0.6) is 0 Å². The van der Waals surface area contributed by atoms with Crippen molar-refractivity contribution in [3.05, 3.63) is 24.2 Å². The zero-order chi connectivity index (χ0) is 5.98. The summed E-state index contributed by atoms with van der Waals surface area (Å²) in [6.45, 7) is 0. The highest BCUT2D eigenvalue weighted by Crippen LogP contribution is 1.96. The third-order valence-corrected chi connectivity index (χ3v) is 0.702. The minimum Gasteiger partial charge on any atom is -0.478 e. The lowest BCUT2D eigenvalue weighted by Crippen LogP contribution is -1.91. The maximum atomic E-state index is 9.97. The maximum Gasteiger partial charge on any atom is 0.339 e. The summed E-state index contributed by atoms with van der Waals surface area (Å²) < 4.78 is 4.37. The van der Waals surface area contributed by atoms with Crippen molar-refractivity contribution in [3.63, 3.8) is 0 Å². The zero-order valence-electron chi connectivity index (χ0n) is 3.92. The molecule has 0 aliphatic heterocycles. The van der Waals surface area contributed by atoms with Gasteiger partial charge in [0.05, 0.1) is 6.26 Å². The van der Waals surface area contributed by atoms with Gasteiger partial charge < -0.3 is 9.52 Å². The van der Waals surface area contributed by atoms with E-state index < -0.39 is 5.97 Å². The van der Waals surface area contributed by atoms with E-state index in [9.17, 15) is 4.79 Å². The quantitative estimate of drug-likeness (QED) is 0.582. The monoisotopic (exact) mass is 111 g/mol. The van der Waals surface area contributed by atoms with Crippen molar-refractivity contribution in [1.82, 2.24) is 0 Å². The Kier molecular flexibility index (Phi) is 1.04. The molecule has 8 heavy (non-hydrogen) atoms. The van der Waals surface area contributed by atoms with E-state index in [1.165, 1.54) is 12.3 Å². The normalized spacial score (nSPS) is 9.00. The van der Waals surface area contributed by atoms with Gasteiger partial charge in [0.1, 0.15) is 5.56 Å². The first-order valence-electron chi connectivity index (χ1n) is 1.99. The largest absolute Gasteiger partial charge is 0.478 e. The average molecular weight is 111 g/mol. The first-order valence-corrected chi connectivity index (χ1v) is 1.99. The molecule has 41 valence electrons. The molecule has 0 fully saturated rings. The van der Waals surface area contributed by atoms with E-state index in [0.717, 1.165) is 0 Å². The molecule has 3 nitrogen and oxygen atoms in total. The molecule has 1 N–H and O–H groups in total. The number of hydrogen-bond acceptors (Lipinski definition) is 2. The number of carboxylic acids is 1. The number of aromatic carboxylic acids is 1. The van der Waals surface area contributed by atoms with Crippen LogP contribution in [0.1, 0.15) is 10.4 Å². The number of carboxylic acid groups (broad SMARTS) is 1. The van der Waals surface area contributed by atoms with Gasteiger partial charge in [0, 0.05) is 0 Å². The van der Waals surface area contributed by atoms with Gasteiger partial charge in [-0.15, -0.1) is 0 Å². The van der Waals surface area contributed by atoms with Crippen LogP contribution in [0.2, 0.25) is 0 Å². The highest BCUT2D eigenvalue weighted by molar-refractivity contribution is 5.86. The van der Waals surface area contributed by atoms with Crippen molar-refractivity contribution in [1.29, 1.82) is 0 Å². The maximum absolute atomic E-state index is 9.97. The fourth-order valence-corrected chi connectivity index (χ4v) is 0.349. The van der Waals surface area contributed by atoms with Crippen molar-refractivity contribution in [2.45, 2.75) is 0 Å². The van der Waals surface area contributed by atoms with Gasteiger partial charge in [-0.3, -0.25) is 0 Å². The summed E-state index contributed by atoms with van der Waals surface area (Å²) in [4.78, 5) is 9.97. The van der Waals surface area contributed by atoms with E-state index in [1.54, 1.807) is 0 Å². The van der Waals surface area contributed by atoms with E-state index in [-0.39, 0.29) is 5.56 Å². The average Bonchev–Trinajstić information content (AvgIpc) is 2.12. The Hall–Kier alpha value is -1.25. The Morgan fingerprint density at radius 1 is 1.88 bits per heavy atom. The van der Waals surface area contributed by atoms with Crippen molar-refractivity contribution >= 4 is 5.97 Å². The number of carbonyl (C=O) groups is 1. The van der Waals surface area contributed by atoms with Crippen molar-refractivity contribution in [3.8, 4) is 0 Å². The first kappa shape index (κ1) is 4.90. The predicted molar refractivity (Wildman–Crippen MR) is 24.5 cm³/mol. The van der Waals surface area contributed by atoms with Gasteiger partial charge in [-0.2, -0.15) is 0 Å². The Bertz CT molecular complexity index is 176. The highest BCUT2D eigenvalue weighted by Gasteiger charge is 2.01. The van der Waals surface area contributed by atoms with Crippen LogP contribution in [0.3, 0.4) is 0 Å². The summed E-state index contributed by atoms with van der Waals surface area (Å²) in [6, 6.07) is 1.34. The lowest BCUT2D eigenvalue weighted by Gasteiger charge is -1.76. The smallest absolute Gasteiger partial charge is 0.339 e. The molecule has 0 saturated heterocycles. The lowest BCUT2D eigenvalue weighted by atomic mass is 10.4. The molecule has 0 atom stereocenters. The molecule has 0 bridgehead atoms. The molecular formula is C5H3O3. The molecule has 1 aromatic heterocycles. The Labute approximate surface area is 45.5 Å². The second-order valence-electron chi connectivity index (χ2n) is 1.24. The summed E-state index contributed by atoms with van der Waals surface area (Å²) >= 11 is 0. The van der Waals surface area contributed by atoms with Gasteiger partial charge in [0.15, 0.2) is 6.26 Å². The summed E-state index contributed by atoms with van der Waals surface area (Å²) in [5.74, 6) is -1.02. The van der Waals surface area contributed by atoms with Gasteiger partial charge in [-0.05, 0) is 6.07 Å². The predicted octanol–water partition coefficient (Wildman–Crippen LogP) is 0.778. The third-order valence-electron chi connectivity index (χ3n) is 0.702. The summed E-state index contributed by atoms with van der Waals surface area (Å²) in [5, 5.41) is 8.18. The Balaban J connectivity index is 2.93. The second-order valence-corrected chi connectivity index (χ2v) is 1.24. The van der Waals surface area contributed by atoms with Crippen LogP contribution in [0.15, 0.2) is 16.7 Å². The number of rotatable bonds is 1. The molecule has 3 heteroatoms. The number of furan rings is 1. The standard InChI is InChI=1S/C5H3O3/c6-5(7)4-1-2-8-3-4/h1-2H,(H,6,7). The van der Waals surface area contributed by atoms with Crippen LogP contribution in [0.25, 0.3) is 0 Å². The van der Waals surface area contributed by atoms with Crippen molar-refractivity contribution < 1.29 is 14.3 Å². The first-order chi connectivity index (χ1) is 3.80. The van der Waals surface area contributed by atoms with Crippen LogP contribution < -0.4 is 0 Å². The SMILES string of the molecule is O=C(O)c1[c]occ1. The molecule has 0 aliphatic rings. The van der Waals surface area contributed by atoms with E-state index in [4.69, 9.17) is 5.11 Å². The fraction of sp³-hybridized carbons (Fsp3) is 0. The summed E-state index contributed by atoms with van der Waals surface area (Å²) in [6.07, 6.45) is 3.43. The minimum absolute atomic E-state index is 0.0602. The topological polar surface area (TPSA) is 50.4 Å².